The molecule has 0 aromatic heterocycles. The quantitative estimate of drug-likeness (QED) is 0.848. The van der Waals surface area contributed by atoms with Gasteiger partial charge in [0.25, 0.3) is 0 Å². The highest BCUT2D eigenvalue weighted by atomic mass is 79.9. The van der Waals surface area contributed by atoms with Crippen LogP contribution in [0.2, 0.25) is 0 Å². The molecule has 0 bridgehead atoms. The summed E-state index contributed by atoms with van der Waals surface area (Å²) in [5.41, 5.74) is 0.373. The zero-order valence-corrected chi connectivity index (χ0v) is 12.9. The van der Waals surface area contributed by atoms with Crippen molar-refractivity contribution in [2.75, 3.05) is 6.26 Å². The van der Waals surface area contributed by atoms with Crippen LogP contribution in [0.15, 0.2) is 51.8 Å². The molecule has 0 saturated heterocycles. The lowest BCUT2D eigenvalue weighted by Crippen LogP contribution is -1.97. The van der Waals surface area contributed by atoms with Crippen molar-refractivity contribution in [3.05, 3.63) is 52.5 Å². The van der Waals surface area contributed by atoms with E-state index in [9.17, 15) is 8.42 Å². The van der Waals surface area contributed by atoms with E-state index in [2.05, 4.69) is 15.9 Å². The summed E-state index contributed by atoms with van der Waals surface area (Å²) in [6.45, 7) is 0. The van der Waals surface area contributed by atoms with E-state index in [1.807, 2.05) is 6.07 Å². The number of sulfone groups is 1. The molecule has 4 nitrogen and oxygen atoms in total. The van der Waals surface area contributed by atoms with E-state index >= 15 is 0 Å². The summed E-state index contributed by atoms with van der Waals surface area (Å²) in [6.07, 6.45) is 1.13. The summed E-state index contributed by atoms with van der Waals surface area (Å²) in [5.74, 6) is 0.732. The summed E-state index contributed by atoms with van der Waals surface area (Å²) in [6, 6.07) is 13.2. The van der Waals surface area contributed by atoms with E-state index in [0.29, 0.717) is 17.1 Å². The molecule has 20 heavy (non-hydrogen) atoms. The predicted octanol–water partition coefficient (Wildman–Crippen LogP) is 3.52. The number of hydrogen-bond acceptors (Lipinski definition) is 4. The van der Waals surface area contributed by atoms with Gasteiger partial charge in [-0.15, -0.1) is 0 Å². The van der Waals surface area contributed by atoms with Gasteiger partial charge in [0, 0.05) is 10.7 Å². The third-order valence-electron chi connectivity index (χ3n) is 2.53. The van der Waals surface area contributed by atoms with E-state index in [-0.39, 0.29) is 4.90 Å². The van der Waals surface area contributed by atoms with Gasteiger partial charge in [0.2, 0.25) is 0 Å². The second kappa shape index (κ2) is 5.65. The van der Waals surface area contributed by atoms with Gasteiger partial charge in [-0.2, -0.15) is 5.26 Å². The Morgan fingerprint density at radius 2 is 1.95 bits per heavy atom. The first-order valence-corrected chi connectivity index (χ1v) is 8.26. The Balaban J connectivity index is 2.41. The molecular weight excluding hydrogens is 342 g/mol. The van der Waals surface area contributed by atoms with Crippen LogP contribution in [0.3, 0.4) is 0 Å². The van der Waals surface area contributed by atoms with Gasteiger partial charge in [-0.3, -0.25) is 0 Å². The van der Waals surface area contributed by atoms with E-state index in [0.717, 1.165) is 10.7 Å². The zero-order chi connectivity index (χ0) is 14.8. The fourth-order valence-corrected chi connectivity index (χ4v) is 2.56. The molecule has 6 heteroatoms. The van der Waals surface area contributed by atoms with Crippen LogP contribution in [0, 0.1) is 11.3 Å². The lowest BCUT2D eigenvalue weighted by Gasteiger charge is -2.09. The first kappa shape index (κ1) is 14.6. The molecule has 2 rings (SSSR count). The largest absolute Gasteiger partial charge is 0.456 e. The maximum atomic E-state index is 11.5. The number of halogens is 1. The summed E-state index contributed by atoms with van der Waals surface area (Å²) in [4.78, 5) is 0.170. The molecule has 2 aromatic rings. The van der Waals surface area contributed by atoms with Crippen LogP contribution in [0.4, 0.5) is 0 Å². The molecule has 0 spiro atoms. The van der Waals surface area contributed by atoms with E-state index in [4.69, 9.17) is 10.00 Å². The van der Waals surface area contributed by atoms with Crippen molar-refractivity contribution in [3.63, 3.8) is 0 Å². The minimum absolute atomic E-state index is 0.170. The second-order valence-electron chi connectivity index (χ2n) is 4.10. The minimum Gasteiger partial charge on any atom is -0.456 e. The summed E-state index contributed by atoms with van der Waals surface area (Å²) < 4.78 is 29.4. The Morgan fingerprint density at radius 1 is 1.20 bits per heavy atom. The predicted molar refractivity (Wildman–Crippen MR) is 78.5 cm³/mol. The average molecular weight is 352 g/mol. The lowest BCUT2D eigenvalue weighted by atomic mass is 10.2. The number of ether oxygens (including phenoxy) is 1. The van der Waals surface area contributed by atoms with Crippen molar-refractivity contribution >= 4 is 25.8 Å². The minimum atomic E-state index is -3.30. The third kappa shape index (κ3) is 3.38. The van der Waals surface area contributed by atoms with Crippen molar-refractivity contribution in [2.45, 2.75) is 4.90 Å². The fourth-order valence-electron chi connectivity index (χ4n) is 1.57. The Hall–Kier alpha value is -1.84. The molecule has 0 fully saturated rings. The summed E-state index contributed by atoms with van der Waals surface area (Å²) >= 11 is 3.30. The molecule has 0 atom stereocenters. The van der Waals surface area contributed by atoms with Gasteiger partial charge in [-0.25, -0.2) is 8.42 Å². The van der Waals surface area contributed by atoms with Crippen LogP contribution in [0.1, 0.15) is 5.56 Å². The van der Waals surface area contributed by atoms with E-state index in [1.54, 1.807) is 30.3 Å². The lowest BCUT2D eigenvalue weighted by molar-refractivity contribution is 0.479. The first-order valence-electron chi connectivity index (χ1n) is 5.58. The van der Waals surface area contributed by atoms with Crippen LogP contribution in [0.25, 0.3) is 0 Å². The highest BCUT2D eigenvalue weighted by molar-refractivity contribution is 9.10. The van der Waals surface area contributed by atoms with Gasteiger partial charge >= 0.3 is 0 Å². The Labute approximate surface area is 125 Å². The number of nitrogens with zero attached hydrogens (tertiary/aromatic N) is 1. The molecule has 2 aromatic carbocycles. The number of hydrogen-bond donors (Lipinski definition) is 0. The standard InChI is InChI=1S/C14H10BrNO3S/c1-20(17,18)13-4-2-3-12(8-13)19-14-7-11(15)6-5-10(14)9-16/h2-8H,1H3. The van der Waals surface area contributed by atoms with Gasteiger partial charge in [0.15, 0.2) is 9.84 Å². The smallest absolute Gasteiger partial charge is 0.175 e. The van der Waals surface area contributed by atoms with Crippen LogP contribution in [0.5, 0.6) is 11.5 Å². The van der Waals surface area contributed by atoms with Crippen molar-refractivity contribution in [2.24, 2.45) is 0 Å². The second-order valence-corrected chi connectivity index (χ2v) is 7.03. The van der Waals surface area contributed by atoms with Crippen molar-refractivity contribution in [3.8, 4) is 17.6 Å². The molecule has 0 N–H and O–H groups in total. The zero-order valence-electron chi connectivity index (χ0n) is 10.5. The summed E-state index contributed by atoms with van der Waals surface area (Å²) in [5, 5.41) is 9.03. The van der Waals surface area contributed by atoms with Gasteiger partial charge in [0.1, 0.15) is 17.6 Å². The monoisotopic (exact) mass is 351 g/mol. The fraction of sp³-hybridized carbons (Fsp3) is 0.0714. The third-order valence-corrected chi connectivity index (χ3v) is 4.13. The van der Waals surface area contributed by atoms with Crippen molar-refractivity contribution in [1.82, 2.24) is 0 Å². The molecule has 0 saturated carbocycles. The highest BCUT2D eigenvalue weighted by Crippen LogP contribution is 2.29. The number of rotatable bonds is 3. The topological polar surface area (TPSA) is 67.2 Å². The molecule has 0 heterocycles. The molecule has 0 unspecified atom stereocenters. The number of benzene rings is 2. The molecule has 0 aliphatic heterocycles. The Bertz CT molecular complexity index is 794. The van der Waals surface area contributed by atoms with Gasteiger partial charge in [0.05, 0.1) is 10.5 Å². The van der Waals surface area contributed by atoms with E-state index < -0.39 is 9.84 Å². The van der Waals surface area contributed by atoms with Crippen LogP contribution >= 0.6 is 15.9 Å². The van der Waals surface area contributed by atoms with Crippen molar-refractivity contribution < 1.29 is 13.2 Å². The Morgan fingerprint density at radius 3 is 2.60 bits per heavy atom. The summed E-state index contributed by atoms with van der Waals surface area (Å²) in [7, 11) is -3.30. The Kier molecular flexibility index (Phi) is 4.12. The SMILES string of the molecule is CS(=O)(=O)c1cccc(Oc2cc(Br)ccc2C#N)c1. The molecule has 0 radical (unpaired) electrons. The normalized spacial score (nSPS) is 10.8. The van der Waals surface area contributed by atoms with Crippen molar-refractivity contribution in [1.29, 1.82) is 5.26 Å². The van der Waals surface area contributed by atoms with Gasteiger partial charge < -0.3 is 4.74 Å². The van der Waals surface area contributed by atoms with Crippen LogP contribution in [-0.2, 0) is 9.84 Å². The van der Waals surface area contributed by atoms with Gasteiger partial charge in [-0.05, 0) is 36.4 Å². The maximum absolute atomic E-state index is 11.5. The molecular formula is C14H10BrNO3S. The highest BCUT2D eigenvalue weighted by Gasteiger charge is 2.10. The average Bonchev–Trinajstić information content (AvgIpc) is 2.38. The molecule has 0 aliphatic rings. The van der Waals surface area contributed by atoms with E-state index in [1.165, 1.54) is 12.1 Å². The molecule has 102 valence electrons. The molecule has 0 amide bonds. The van der Waals surface area contributed by atoms with Crippen LogP contribution in [-0.4, -0.2) is 14.7 Å². The van der Waals surface area contributed by atoms with Crippen LogP contribution < -0.4 is 4.74 Å². The maximum Gasteiger partial charge on any atom is 0.175 e. The number of nitriles is 1. The first-order chi connectivity index (χ1) is 9.40. The van der Waals surface area contributed by atoms with Gasteiger partial charge in [-0.1, -0.05) is 22.0 Å². The molecule has 0 aliphatic carbocycles.